The quantitative estimate of drug-likeness (QED) is 0.682. The van der Waals surface area contributed by atoms with Gasteiger partial charge in [-0.05, 0) is 31.9 Å². The minimum atomic E-state index is -0.678. The highest BCUT2D eigenvalue weighted by molar-refractivity contribution is 5.95. The summed E-state index contributed by atoms with van der Waals surface area (Å²) in [6, 6.07) is 4.02. The van der Waals surface area contributed by atoms with Gasteiger partial charge in [-0.3, -0.25) is 14.9 Å². The van der Waals surface area contributed by atoms with Gasteiger partial charge in [0.1, 0.15) is 0 Å². The molecule has 1 amide bonds. The van der Waals surface area contributed by atoms with Crippen molar-refractivity contribution in [3.05, 3.63) is 33.9 Å². The topological polar surface area (TPSA) is 83.7 Å². The van der Waals surface area contributed by atoms with E-state index in [9.17, 15) is 20.0 Å². The molecule has 0 unspecified atom stereocenters. The van der Waals surface area contributed by atoms with Crippen molar-refractivity contribution in [1.82, 2.24) is 4.90 Å². The number of hydrogen-bond donors (Lipinski definition) is 1. The zero-order valence-corrected chi connectivity index (χ0v) is 12.1. The van der Waals surface area contributed by atoms with Gasteiger partial charge in [-0.15, -0.1) is 0 Å². The van der Waals surface area contributed by atoms with Crippen molar-refractivity contribution < 1.29 is 14.8 Å². The molecule has 1 aromatic rings. The lowest BCUT2D eigenvalue weighted by molar-refractivity contribution is -0.385. The first-order chi connectivity index (χ1) is 10.0. The van der Waals surface area contributed by atoms with Gasteiger partial charge in [0.05, 0.1) is 4.92 Å². The Bertz CT molecular complexity index is 538. The van der Waals surface area contributed by atoms with Crippen LogP contribution in [0.1, 0.15) is 49.4 Å². The maximum absolute atomic E-state index is 12.6. The molecule has 6 heteroatoms. The van der Waals surface area contributed by atoms with Crippen LogP contribution in [0.15, 0.2) is 18.2 Å². The number of aromatic hydroxyl groups is 1. The summed E-state index contributed by atoms with van der Waals surface area (Å²) >= 11 is 0. The minimum Gasteiger partial charge on any atom is -0.502 e. The van der Waals surface area contributed by atoms with Crippen LogP contribution in [0, 0.1) is 10.1 Å². The predicted octanol–water partition coefficient (Wildman–Crippen LogP) is 3.10. The molecule has 0 heterocycles. The largest absolute Gasteiger partial charge is 0.502 e. The number of benzene rings is 1. The molecular formula is C15H20N2O4. The van der Waals surface area contributed by atoms with Crippen molar-refractivity contribution in [2.45, 2.75) is 45.1 Å². The zero-order valence-electron chi connectivity index (χ0n) is 12.1. The number of hydrogen-bond acceptors (Lipinski definition) is 4. The first-order valence-electron chi connectivity index (χ1n) is 7.33. The molecule has 1 N–H and O–H groups in total. The van der Waals surface area contributed by atoms with Gasteiger partial charge in [0.15, 0.2) is 5.75 Å². The number of rotatable bonds is 4. The van der Waals surface area contributed by atoms with Gasteiger partial charge < -0.3 is 10.0 Å². The molecule has 0 radical (unpaired) electrons. The van der Waals surface area contributed by atoms with Gasteiger partial charge in [0.25, 0.3) is 5.91 Å². The summed E-state index contributed by atoms with van der Waals surface area (Å²) in [6.07, 6.45) is 5.40. The summed E-state index contributed by atoms with van der Waals surface area (Å²) in [5.41, 5.74) is -0.174. The second-order valence-corrected chi connectivity index (χ2v) is 5.34. The van der Waals surface area contributed by atoms with E-state index in [1.165, 1.54) is 18.6 Å². The number of carbonyl (C=O) groups excluding carboxylic acids is 1. The van der Waals surface area contributed by atoms with E-state index in [0.29, 0.717) is 6.54 Å². The Morgan fingerprint density at radius 2 is 2.05 bits per heavy atom. The van der Waals surface area contributed by atoms with Crippen LogP contribution in [0.2, 0.25) is 0 Å². The van der Waals surface area contributed by atoms with E-state index >= 15 is 0 Å². The maximum atomic E-state index is 12.6. The molecule has 6 nitrogen and oxygen atoms in total. The van der Waals surface area contributed by atoms with Crippen LogP contribution in [0.4, 0.5) is 5.69 Å². The third kappa shape index (κ3) is 3.32. The van der Waals surface area contributed by atoms with Crippen LogP contribution in [0.3, 0.4) is 0 Å². The SMILES string of the molecule is CCN(C(=O)c1ccc(O)c([N+](=O)[O-])c1)C1CCCCC1. The fourth-order valence-electron chi connectivity index (χ4n) is 2.93. The molecule has 0 spiro atoms. The predicted molar refractivity (Wildman–Crippen MR) is 78.3 cm³/mol. The van der Waals surface area contributed by atoms with Gasteiger partial charge in [0.2, 0.25) is 0 Å². The molecule has 0 saturated heterocycles. The monoisotopic (exact) mass is 292 g/mol. The molecule has 1 aliphatic rings. The van der Waals surface area contributed by atoms with Crippen LogP contribution < -0.4 is 0 Å². The van der Waals surface area contributed by atoms with E-state index in [4.69, 9.17) is 0 Å². The second-order valence-electron chi connectivity index (χ2n) is 5.34. The van der Waals surface area contributed by atoms with Crippen LogP contribution >= 0.6 is 0 Å². The first kappa shape index (κ1) is 15.3. The van der Waals surface area contributed by atoms with E-state index in [0.717, 1.165) is 31.7 Å². The smallest absolute Gasteiger partial charge is 0.311 e. The van der Waals surface area contributed by atoms with E-state index < -0.39 is 16.4 Å². The van der Waals surface area contributed by atoms with Crippen molar-refractivity contribution in [1.29, 1.82) is 0 Å². The molecule has 1 aromatic carbocycles. The van der Waals surface area contributed by atoms with Crippen LogP contribution in [-0.4, -0.2) is 33.4 Å². The highest BCUT2D eigenvalue weighted by atomic mass is 16.6. The molecule has 1 aliphatic carbocycles. The lowest BCUT2D eigenvalue weighted by atomic mass is 9.93. The second kappa shape index (κ2) is 6.56. The summed E-state index contributed by atoms with van der Waals surface area (Å²) in [7, 11) is 0. The maximum Gasteiger partial charge on any atom is 0.311 e. The standard InChI is InChI=1S/C15H20N2O4/c1-2-16(12-6-4-3-5-7-12)15(19)11-8-9-14(18)13(10-11)17(20)21/h8-10,12,18H,2-7H2,1H3. The Morgan fingerprint density at radius 3 is 2.62 bits per heavy atom. The molecule has 21 heavy (non-hydrogen) atoms. The van der Waals surface area contributed by atoms with Gasteiger partial charge >= 0.3 is 5.69 Å². The van der Waals surface area contributed by atoms with Crippen LogP contribution in [-0.2, 0) is 0 Å². The molecule has 114 valence electrons. The number of nitrogens with zero attached hydrogens (tertiary/aromatic N) is 2. The summed E-state index contributed by atoms with van der Waals surface area (Å²) in [6.45, 7) is 2.50. The highest BCUT2D eigenvalue weighted by Crippen LogP contribution is 2.28. The van der Waals surface area contributed by atoms with Gasteiger partial charge in [-0.25, -0.2) is 0 Å². The van der Waals surface area contributed by atoms with Crippen LogP contribution in [0.5, 0.6) is 5.75 Å². The van der Waals surface area contributed by atoms with Crippen molar-refractivity contribution in [2.24, 2.45) is 0 Å². The van der Waals surface area contributed by atoms with E-state index in [1.54, 1.807) is 4.90 Å². The Kier molecular flexibility index (Phi) is 4.77. The molecule has 1 saturated carbocycles. The minimum absolute atomic E-state index is 0.201. The van der Waals surface area contributed by atoms with Crippen molar-refractivity contribution in [3.63, 3.8) is 0 Å². The molecule has 0 bridgehead atoms. The first-order valence-corrected chi connectivity index (χ1v) is 7.33. The van der Waals surface area contributed by atoms with Crippen molar-refractivity contribution in [2.75, 3.05) is 6.54 Å². The number of nitro benzene ring substituents is 1. The zero-order chi connectivity index (χ0) is 15.4. The molecule has 0 aromatic heterocycles. The Labute approximate surface area is 123 Å². The third-order valence-corrected chi connectivity index (χ3v) is 4.04. The number of amides is 1. The molecular weight excluding hydrogens is 272 g/mol. The third-order valence-electron chi connectivity index (χ3n) is 4.04. The lowest BCUT2D eigenvalue weighted by Crippen LogP contribution is -2.41. The lowest BCUT2D eigenvalue weighted by Gasteiger charge is -2.33. The van der Waals surface area contributed by atoms with Gasteiger partial charge in [-0.1, -0.05) is 19.3 Å². The Balaban J connectivity index is 2.24. The normalized spacial score (nSPS) is 15.7. The number of phenolic OH excluding ortho intramolecular Hbond substituents is 1. The molecule has 0 atom stereocenters. The summed E-state index contributed by atoms with van der Waals surface area (Å²) < 4.78 is 0. The average molecular weight is 292 g/mol. The average Bonchev–Trinajstić information content (AvgIpc) is 2.49. The van der Waals surface area contributed by atoms with Crippen molar-refractivity contribution in [3.8, 4) is 5.75 Å². The van der Waals surface area contributed by atoms with E-state index in [1.807, 2.05) is 6.92 Å². The number of carbonyl (C=O) groups is 1. The molecule has 1 fully saturated rings. The highest BCUT2D eigenvalue weighted by Gasteiger charge is 2.26. The fraction of sp³-hybridized carbons (Fsp3) is 0.533. The van der Waals surface area contributed by atoms with Gasteiger partial charge in [0, 0.05) is 24.2 Å². The van der Waals surface area contributed by atoms with E-state index in [2.05, 4.69) is 0 Å². The summed E-state index contributed by atoms with van der Waals surface area (Å²) in [5.74, 6) is -0.621. The Hall–Kier alpha value is -2.11. The van der Waals surface area contributed by atoms with Crippen LogP contribution in [0.25, 0.3) is 0 Å². The number of nitro groups is 1. The summed E-state index contributed by atoms with van der Waals surface area (Å²) in [5, 5.41) is 20.3. The fourth-order valence-corrected chi connectivity index (χ4v) is 2.93. The van der Waals surface area contributed by atoms with Gasteiger partial charge in [-0.2, -0.15) is 0 Å². The van der Waals surface area contributed by atoms with E-state index in [-0.39, 0.29) is 17.5 Å². The number of phenols is 1. The Morgan fingerprint density at radius 1 is 1.38 bits per heavy atom. The molecule has 0 aliphatic heterocycles. The van der Waals surface area contributed by atoms with Crippen molar-refractivity contribution >= 4 is 11.6 Å². The summed E-state index contributed by atoms with van der Waals surface area (Å²) in [4.78, 5) is 24.6. The molecule has 2 rings (SSSR count).